The van der Waals surface area contributed by atoms with Crippen molar-refractivity contribution < 1.29 is 9.47 Å². The fourth-order valence-electron chi connectivity index (χ4n) is 1.31. The molecule has 0 atom stereocenters. The number of methoxy groups -OCH3 is 2. The number of nitriles is 2. The minimum absolute atomic E-state index is 0.0769. The second-order valence-electron chi connectivity index (χ2n) is 2.83. The first kappa shape index (κ1) is 11.6. The molecule has 0 N–H and O–H groups in total. The van der Waals surface area contributed by atoms with E-state index in [1.807, 2.05) is 0 Å². The number of para-hydroxylation sites is 1. The number of benzene rings is 1. The second-order valence-corrected chi connectivity index (χ2v) is 2.83. The van der Waals surface area contributed by atoms with Gasteiger partial charge in [-0.25, -0.2) is 0 Å². The van der Waals surface area contributed by atoms with Crippen LogP contribution in [0.15, 0.2) is 29.8 Å². The van der Waals surface area contributed by atoms with Crippen LogP contribution in [0.4, 0.5) is 0 Å². The average Bonchev–Trinajstić information content (AvgIpc) is 2.35. The van der Waals surface area contributed by atoms with Crippen LogP contribution in [-0.2, 0) is 4.74 Å². The summed E-state index contributed by atoms with van der Waals surface area (Å²) in [6.07, 6.45) is 0. The van der Waals surface area contributed by atoms with Gasteiger partial charge in [-0.3, -0.25) is 0 Å². The number of allylic oxidation sites excluding steroid dienone is 1. The van der Waals surface area contributed by atoms with Crippen LogP contribution in [-0.4, -0.2) is 14.2 Å². The van der Waals surface area contributed by atoms with Gasteiger partial charge in [0.05, 0.1) is 19.8 Å². The molecule has 0 heterocycles. The zero-order valence-corrected chi connectivity index (χ0v) is 9.02. The normalized spacial score (nSPS) is 8.50. The van der Waals surface area contributed by atoms with Crippen LogP contribution in [0.25, 0.3) is 5.76 Å². The van der Waals surface area contributed by atoms with Crippen LogP contribution in [0.3, 0.4) is 0 Å². The molecule has 0 aliphatic rings. The predicted molar refractivity (Wildman–Crippen MR) is 58.1 cm³/mol. The van der Waals surface area contributed by atoms with Crippen LogP contribution in [0, 0.1) is 22.7 Å². The van der Waals surface area contributed by atoms with Gasteiger partial charge in [0.1, 0.15) is 17.9 Å². The summed E-state index contributed by atoms with van der Waals surface area (Å²) >= 11 is 0. The maximum atomic E-state index is 8.80. The summed E-state index contributed by atoms with van der Waals surface area (Å²) in [6.45, 7) is 0. The van der Waals surface area contributed by atoms with E-state index >= 15 is 0 Å². The Hall–Kier alpha value is -2.46. The summed E-state index contributed by atoms with van der Waals surface area (Å²) in [4.78, 5) is 0. The molecule has 0 bridgehead atoms. The van der Waals surface area contributed by atoms with E-state index in [1.165, 1.54) is 14.2 Å². The number of nitrogens with zero attached hydrogens (tertiary/aromatic N) is 2. The van der Waals surface area contributed by atoms with Gasteiger partial charge >= 0.3 is 0 Å². The van der Waals surface area contributed by atoms with Gasteiger partial charge in [0, 0.05) is 0 Å². The molecule has 0 fully saturated rings. The Bertz CT molecular complexity index is 476. The number of ether oxygens (including phenoxy) is 2. The minimum Gasteiger partial charge on any atom is -0.496 e. The SMILES string of the molecule is COC(=C(C#N)C#N)c1ccccc1OC. The summed E-state index contributed by atoms with van der Waals surface area (Å²) in [5.41, 5.74) is 0.512. The molecule has 1 aromatic rings. The molecule has 0 saturated carbocycles. The highest BCUT2D eigenvalue weighted by Gasteiger charge is 2.13. The van der Waals surface area contributed by atoms with Crippen LogP contribution < -0.4 is 4.74 Å². The van der Waals surface area contributed by atoms with E-state index in [9.17, 15) is 0 Å². The molecule has 0 aromatic heterocycles. The highest BCUT2D eigenvalue weighted by Crippen LogP contribution is 2.28. The molecule has 1 aromatic carbocycles. The van der Waals surface area contributed by atoms with E-state index in [0.717, 1.165) is 0 Å². The Kier molecular flexibility index (Phi) is 3.94. The van der Waals surface area contributed by atoms with Crippen molar-refractivity contribution in [3.63, 3.8) is 0 Å². The van der Waals surface area contributed by atoms with Crippen molar-refractivity contribution in [2.45, 2.75) is 0 Å². The minimum atomic E-state index is -0.0769. The lowest BCUT2D eigenvalue weighted by atomic mass is 10.1. The van der Waals surface area contributed by atoms with E-state index in [1.54, 1.807) is 36.4 Å². The van der Waals surface area contributed by atoms with Gasteiger partial charge in [-0.1, -0.05) is 12.1 Å². The molecule has 0 unspecified atom stereocenters. The fourth-order valence-corrected chi connectivity index (χ4v) is 1.31. The van der Waals surface area contributed by atoms with E-state index in [4.69, 9.17) is 20.0 Å². The second kappa shape index (κ2) is 5.43. The summed E-state index contributed by atoms with van der Waals surface area (Å²) < 4.78 is 10.2. The average molecular weight is 214 g/mol. The molecule has 0 radical (unpaired) electrons. The molecule has 4 nitrogen and oxygen atoms in total. The molecule has 4 heteroatoms. The Morgan fingerprint density at radius 1 is 1.12 bits per heavy atom. The Morgan fingerprint density at radius 3 is 2.25 bits per heavy atom. The van der Waals surface area contributed by atoms with Crippen molar-refractivity contribution >= 4 is 5.76 Å². The third-order valence-corrected chi connectivity index (χ3v) is 2.01. The van der Waals surface area contributed by atoms with Crippen molar-refractivity contribution in [3.05, 3.63) is 35.4 Å². The van der Waals surface area contributed by atoms with Crippen molar-refractivity contribution in [2.24, 2.45) is 0 Å². The topological polar surface area (TPSA) is 66.0 Å². The molecule has 0 saturated heterocycles. The van der Waals surface area contributed by atoms with Gasteiger partial charge in [-0.05, 0) is 12.1 Å². The van der Waals surface area contributed by atoms with E-state index in [-0.39, 0.29) is 11.3 Å². The summed E-state index contributed by atoms with van der Waals surface area (Å²) in [5.74, 6) is 0.782. The van der Waals surface area contributed by atoms with Crippen molar-refractivity contribution in [2.75, 3.05) is 14.2 Å². The Labute approximate surface area is 93.9 Å². The first-order valence-electron chi connectivity index (χ1n) is 4.50. The molecule has 0 spiro atoms. The number of rotatable bonds is 3. The van der Waals surface area contributed by atoms with Gasteiger partial charge < -0.3 is 9.47 Å². The van der Waals surface area contributed by atoms with Gasteiger partial charge in [0.2, 0.25) is 0 Å². The number of hydrogen-bond donors (Lipinski definition) is 0. The highest BCUT2D eigenvalue weighted by atomic mass is 16.5. The van der Waals surface area contributed by atoms with Crippen molar-refractivity contribution in [1.29, 1.82) is 10.5 Å². The molecule has 80 valence electrons. The van der Waals surface area contributed by atoms with Gasteiger partial charge in [0.25, 0.3) is 0 Å². The molecular weight excluding hydrogens is 204 g/mol. The molecule has 16 heavy (non-hydrogen) atoms. The molecule has 0 amide bonds. The van der Waals surface area contributed by atoms with E-state index in [0.29, 0.717) is 11.3 Å². The molecule has 1 rings (SSSR count). The largest absolute Gasteiger partial charge is 0.496 e. The Morgan fingerprint density at radius 2 is 1.75 bits per heavy atom. The lowest BCUT2D eigenvalue weighted by molar-refractivity contribution is 0.361. The van der Waals surface area contributed by atoms with E-state index < -0.39 is 0 Å². The van der Waals surface area contributed by atoms with E-state index in [2.05, 4.69) is 0 Å². The molecule has 0 aliphatic heterocycles. The maximum absolute atomic E-state index is 8.80. The van der Waals surface area contributed by atoms with Gasteiger partial charge in [-0.2, -0.15) is 10.5 Å². The monoisotopic (exact) mass is 214 g/mol. The quantitative estimate of drug-likeness (QED) is 0.570. The third kappa shape index (κ3) is 2.13. The lowest BCUT2D eigenvalue weighted by Crippen LogP contribution is -1.96. The van der Waals surface area contributed by atoms with Crippen LogP contribution in [0.1, 0.15) is 5.56 Å². The first-order chi connectivity index (χ1) is 7.78. The molecular formula is C12H10N2O2. The zero-order chi connectivity index (χ0) is 12.0. The van der Waals surface area contributed by atoms with Crippen LogP contribution >= 0.6 is 0 Å². The van der Waals surface area contributed by atoms with Crippen molar-refractivity contribution in [3.8, 4) is 17.9 Å². The summed E-state index contributed by atoms with van der Waals surface area (Å²) in [6, 6.07) is 10.6. The Balaban J connectivity index is 3.42. The lowest BCUT2D eigenvalue weighted by Gasteiger charge is -2.10. The standard InChI is InChI=1S/C12H10N2O2/c1-15-11-6-4-3-5-10(11)12(16-2)9(7-13)8-14/h3-6H,1-2H3. The summed E-state index contributed by atoms with van der Waals surface area (Å²) in [5, 5.41) is 17.6. The smallest absolute Gasteiger partial charge is 0.172 e. The van der Waals surface area contributed by atoms with Gasteiger partial charge in [0.15, 0.2) is 11.3 Å². The highest BCUT2D eigenvalue weighted by molar-refractivity contribution is 5.74. The number of hydrogen-bond acceptors (Lipinski definition) is 4. The third-order valence-electron chi connectivity index (χ3n) is 2.01. The van der Waals surface area contributed by atoms with Crippen LogP contribution in [0.2, 0.25) is 0 Å². The maximum Gasteiger partial charge on any atom is 0.172 e. The predicted octanol–water partition coefficient (Wildman–Crippen LogP) is 2.10. The van der Waals surface area contributed by atoms with Gasteiger partial charge in [-0.15, -0.1) is 0 Å². The first-order valence-corrected chi connectivity index (χ1v) is 4.50. The fraction of sp³-hybridized carbons (Fsp3) is 0.167. The zero-order valence-electron chi connectivity index (χ0n) is 9.02. The molecule has 0 aliphatic carbocycles. The van der Waals surface area contributed by atoms with Crippen molar-refractivity contribution in [1.82, 2.24) is 0 Å². The van der Waals surface area contributed by atoms with Crippen LogP contribution in [0.5, 0.6) is 5.75 Å². The summed E-state index contributed by atoms with van der Waals surface area (Å²) in [7, 11) is 2.93.